The van der Waals surface area contributed by atoms with Crippen molar-refractivity contribution in [2.24, 2.45) is 0 Å². The molecule has 0 N–H and O–H groups in total. The van der Waals surface area contributed by atoms with Crippen LogP contribution in [0.1, 0.15) is 0 Å². The van der Waals surface area contributed by atoms with Crippen LogP contribution in [0.4, 0.5) is 0 Å². The summed E-state index contributed by atoms with van der Waals surface area (Å²) < 4.78 is 0. The molecule has 0 fully saturated rings. The second-order valence-corrected chi connectivity index (χ2v) is 13.0. The van der Waals surface area contributed by atoms with Gasteiger partial charge < -0.3 is 0 Å². The highest BCUT2D eigenvalue weighted by atomic mass is 14.9. The van der Waals surface area contributed by atoms with Crippen LogP contribution in [0.25, 0.3) is 100.0 Å². The Kier molecular flexibility index (Phi) is 6.53. The van der Waals surface area contributed by atoms with Crippen LogP contribution in [0.3, 0.4) is 0 Å². The van der Waals surface area contributed by atoms with Crippen molar-refractivity contribution < 1.29 is 0 Å². The fourth-order valence-corrected chi connectivity index (χ4v) is 7.57. The zero-order chi connectivity index (χ0) is 33.0. The average Bonchev–Trinajstić information content (AvgIpc) is 3.52. The minimum absolute atomic E-state index is 0.720. The number of hydrogen-bond donors (Lipinski definition) is 0. The molecule has 0 saturated carbocycles. The van der Waals surface area contributed by atoms with E-state index in [9.17, 15) is 0 Å². The van der Waals surface area contributed by atoms with Crippen LogP contribution in [0.5, 0.6) is 0 Å². The molecule has 0 atom stereocenters. The lowest BCUT2D eigenvalue weighted by Gasteiger charge is -2.15. The van der Waals surface area contributed by atoms with Gasteiger partial charge in [-0.1, -0.05) is 158 Å². The van der Waals surface area contributed by atoms with Gasteiger partial charge >= 0.3 is 0 Å². The van der Waals surface area contributed by atoms with Crippen LogP contribution < -0.4 is 0 Å². The third kappa shape index (κ3) is 4.73. The molecule has 0 spiro atoms. The molecule has 0 saturated heterocycles. The molecule has 1 aliphatic rings. The van der Waals surface area contributed by atoms with Gasteiger partial charge in [0.25, 0.3) is 0 Å². The molecule has 0 aliphatic heterocycles. The van der Waals surface area contributed by atoms with Crippen molar-refractivity contribution in [2.45, 2.75) is 0 Å². The van der Waals surface area contributed by atoms with E-state index in [0.717, 1.165) is 33.9 Å². The maximum atomic E-state index is 5.06. The summed E-state index contributed by atoms with van der Waals surface area (Å²) in [7, 11) is 0. The molecule has 2 heteroatoms. The third-order valence-corrected chi connectivity index (χ3v) is 10.0. The van der Waals surface area contributed by atoms with Crippen molar-refractivity contribution in [1.29, 1.82) is 0 Å². The number of aromatic nitrogens is 2. The molecule has 0 radical (unpaired) electrons. The highest BCUT2D eigenvalue weighted by Crippen LogP contribution is 2.49. The summed E-state index contributed by atoms with van der Waals surface area (Å²) in [5.74, 6) is 0.720. The van der Waals surface area contributed by atoms with Gasteiger partial charge in [-0.25, -0.2) is 9.97 Å². The van der Waals surface area contributed by atoms with Gasteiger partial charge in [-0.05, 0) is 90.3 Å². The Hall–Kier alpha value is -6.64. The first-order valence-corrected chi connectivity index (χ1v) is 17.1. The fourth-order valence-electron chi connectivity index (χ4n) is 7.57. The van der Waals surface area contributed by atoms with E-state index in [1.165, 1.54) is 66.1 Å². The molecule has 50 heavy (non-hydrogen) atoms. The van der Waals surface area contributed by atoms with E-state index in [1.807, 2.05) is 24.3 Å². The maximum Gasteiger partial charge on any atom is 0.160 e. The first-order chi connectivity index (χ1) is 24.8. The number of hydrogen-bond acceptors (Lipinski definition) is 2. The molecular weight excluding hydrogens is 605 g/mol. The van der Waals surface area contributed by atoms with Gasteiger partial charge in [-0.15, -0.1) is 0 Å². The topological polar surface area (TPSA) is 25.8 Å². The molecule has 0 bridgehead atoms. The van der Waals surface area contributed by atoms with E-state index < -0.39 is 0 Å². The Balaban J connectivity index is 1.10. The molecule has 1 aliphatic carbocycles. The van der Waals surface area contributed by atoms with E-state index in [1.54, 1.807) is 0 Å². The Morgan fingerprint density at radius 1 is 0.260 bits per heavy atom. The fraction of sp³-hybridized carbons (Fsp3) is 0. The lowest BCUT2D eigenvalue weighted by Crippen LogP contribution is -1.96. The van der Waals surface area contributed by atoms with Crippen molar-refractivity contribution in [2.75, 3.05) is 0 Å². The molecule has 0 amide bonds. The lowest BCUT2D eigenvalue weighted by molar-refractivity contribution is 1.18. The molecule has 232 valence electrons. The number of fused-ring (bicyclic) bond motifs is 4. The van der Waals surface area contributed by atoms with Gasteiger partial charge in [0.1, 0.15) is 0 Å². The van der Waals surface area contributed by atoms with E-state index >= 15 is 0 Å². The van der Waals surface area contributed by atoms with Crippen molar-refractivity contribution in [3.05, 3.63) is 182 Å². The summed E-state index contributed by atoms with van der Waals surface area (Å²) in [6, 6.07) is 65.1. The largest absolute Gasteiger partial charge is 0.228 e. The van der Waals surface area contributed by atoms with E-state index in [2.05, 4.69) is 158 Å². The minimum atomic E-state index is 0.720. The standard InChI is InChI=1S/C48H30N2/c1-3-11-32(12-4-1)45-30-46(50-48(49-45)35-13-5-2-6-14-35)33-23-21-31(22-24-33)42-27-36-15-7-8-16-37(36)28-43(42)38-25-26-39-40-19-9-17-34-18-10-20-41(47(34)40)44(39)29-38/h1-30H. The highest BCUT2D eigenvalue weighted by Gasteiger charge is 2.22. The molecule has 1 aromatic heterocycles. The van der Waals surface area contributed by atoms with Crippen molar-refractivity contribution >= 4 is 21.5 Å². The molecule has 2 nitrogen and oxygen atoms in total. The molecular formula is C48H30N2. The van der Waals surface area contributed by atoms with Gasteiger partial charge in [0, 0.05) is 16.7 Å². The van der Waals surface area contributed by atoms with Crippen molar-refractivity contribution in [1.82, 2.24) is 9.97 Å². The monoisotopic (exact) mass is 634 g/mol. The first-order valence-electron chi connectivity index (χ1n) is 17.1. The number of benzene rings is 8. The minimum Gasteiger partial charge on any atom is -0.228 e. The third-order valence-electron chi connectivity index (χ3n) is 10.0. The Labute approximate surface area is 291 Å². The smallest absolute Gasteiger partial charge is 0.160 e. The quantitative estimate of drug-likeness (QED) is 0.188. The first kappa shape index (κ1) is 28.4. The molecule has 0 unspecified atom stereocenters. The summed E-state index contributed by atoms with van der Waals surface area (Å²) in [6.07, 6.45) is 0. The van der Waals surface area contributed by atoms with Crippen LogP contribution in [-0.4, -0.2) is 9.97 Å². The van der Waals surface area contributed by atoms with Gasteiger partial charge in [-0.2, -0.15) is 0 Å². The molecule has 9 aromatic rings. The molecule has 1 heterocycles. The van der Waals surface area contributed by atoms with E-state index in [-0.39, 0.29) is 0 Å². The predicted octanol–water partition coefficient (Wildman–Crippen LogP) is 12.8. The second kappa shape index (κ2) is 11.5. The summed E-state index contributed by atoms with van der Waals surface area (Å²) in [5, 5.41) is 5.10. The summed E-state index contributed by atoms with van der Waals surface area (Å²) >= 11 is 0. The lowest BCUT2D eigenvalue weighted by atomic mass is 9.89. The Morgan fingerprint density at radius 2 is 0.760 bits per heavy atom. The number of nitrogens with zero attached hydrogens (tertiary/aromatic N) is 2. The van der Waals surface area contributed by atoms with Gasteiger partial charge in [-0.3, -0.25) is 0 Å². The average molecular weight is 635 g/mol. The highest BCUT2D eigenvalue weighted by molar-refractivity contribution is 6.16. The van der Waals surface area contributed by atoms with E-state index in [4.69, 9.17) is 9.97 Å². The summed E-state index contributed by atoms with van der Waals surface area (Å²) in [6.45, 7) is 0. The van der Waals surface area contributed by atoms with Gasteiger partial charge in [0.15, 0.2) is 5.82 Å². The molecule has 10 rings (SSSR count). The van der Waals surface area contributed by atoms with Crippen LogP contribution in [0.2, 0.25) is 0 Å². The normalized spacial score (nSPS) is 11.6. The van der Waals surface area contributed by atoms with Gasteiger partial charge in [0.2, 0.25) is 0 Å². The predicted molar refractivity (Wildman–Crippen MR) is 209 cm³/mol. The Bertz CT molecular complexity index is 2670. The van der Waals surface area contributed by atoms with Gasteiger partial charge in [0.05, 0.1) is 11.4 Å². The zero-order valence-corrected chi connectivity index (χ0v) is 27.2. The maximum absolute atomic E-state index is 5.06. The van der Waals surface area contributed by atoms with Crippen LogP contribution in [-0.2, 0) is 0 Å². The second-order valence-electron chi connectivity index (χ2n) is 13.0. The summed E-state index contributed by atoms with van der Waals surface area (Å²) in [5.41, 5.74) is 15.0. The summed E-state index contributed by atoms with van der Waals surface area (Å²) in [4.78, 5) is 10.0. The zero-order valence-electron chi connectivity index (χ0n) is 27.2. The SMILES string of the molecule is c1ccc(-c2cc(-c3ccc(-c4cc5ccccc5cc4-c4ccc5c(c4)-c4cccc6cccc-5c46)cc3)nc(-c3ccccc3)n2)cc1. The molecule has 8 aromatic carbocycles. The van der Waals surface area contributed by atoms with Crippen LogP contribution >= 0.6 is 0 Å². The van der Waals surface area contributed by atoms with Crippen molar-refractivity contribution in [3.63, 3.8) is 0 Å². The Morgan fingerprint density at radius 3 is 1.42 bits per heavy atom. The van der Waals surface area contributed by atoms with Crippen molar-refractivity contribution in [3.8, 4) is 78.4 Å². The van der Waals surface area contributed by atoms with Crippen LogP contribution in [0.15, 0.2) is 182 Å². The van der Waals surface area contributed by atoms with E-state index in [0.29, 0.717) is 0 Å². The van der Waals surface area contributed by atoms with Crippen LogP contribution in [0, 0.1) is 0 Å². The number of rotatable bonds is 5.